The summed E-state index contributed by atoms with van der Waals surface area (Å²) >= 11 is 1.80. The van der Waals surface area contributed by atoms with E-state index in [1.165, 1.54) is 6.92 Å². The lowest BCUT2D eigenvalue weighted by Gasteiger charge is -2.29. The number of Topliss-reactive ketones (excluding diaryl/α,β-unsaturated/α-hetero) is 1. The quantitative estimate of drug-likeness (QED) is 0.714. The van der Waals surface area contributed by atoms with Gasteiger partial charge in [0.15, 0.2) is 0 Å². The van der Waals surface area contributed by atoms with Crippen molar-refractivity contribution in [3.63, 3.8) is 0 Å². The number of hydrogen-bond donors (Lipinski definition) is 1. The van der Waals surface area contributed by atoms with Crippen LogP contribution in [0.25, 0.3) is 0 Å². The first-order valence-electron chi connectivity index (χ1n) is 5.81. The number of hydrogen-bond acceptors (Lipinski definition) is 3. The lowest BCUT2D eigenvalue weighted by atomic mass is 10.0. The summed E-state index contributed by atoms with van der Waals surface area (Å²) < 4.78 is 0.145. The van der Waals surface area contributed by atoms with Gasteiger partial charge in [-0.1, -0.05) is 13.8 Å². The van der Waals surface area contributed by atoms with Gasteiger partial charge in [-0.2, -0.15) is 11.8 Å². The van der Waals surface area contributed by atoms with Gasteiger partial charge >= 0.3 is 0 Å². The fourth-order valence-electron chi connectivity index (χ4n) is 1.50. The number of amides is 1. The van der Waals surface area contributed by atoms with Crippen molar-refractivity contribution in [3.8, 4) is 0 Å². The van der Waals surface area contributed by atoms with Crippen LogP contribution in [0.15, 0.2) is 0 Å². The number of rotatable bonds is 8. The summed E-state index contributed by atoms with van der Waals surface area (Å²) in [5, 5.41) is 2.92. The fourth-order valence-corrected chi connectivity index (χ4v) is 2.29. The van der Waals surface area contributed by atoms with E-state index < -0.39 is 0 Å². The van der Waals surface area contributed by atoms with E-state index in [1.807, 2.05) is 0 Å². The lowest BCUT2D eigenvalue weighted by molar-refractivity contribution is -0.124. The summed E-state index contributed by atoms with van der Waals surface area (Å²) in [5.74, 6) is 0.0489. The molecule has 0 atom stereocenters. The minimum Gasteiger partial charge on any atom is -0.355 e. The number of ketones is 1. The predicted molar refractivity (Wildman–Crippen MR) is 69.8 cm³/mol. The second-order valence-corrected chi connectivity index (χ2v) is 5.35. The zero-order chi connectivity index (χ0) is 12.6. The smallest absolute Gasteiger partial charge is 0.220 e. The summed E-state index contributed by atoms with van der Waals surface area (Å²) in [4.78, 5) is 22.2. The summed E-state index contributed by atoms with van der Waals surface area (Å²) in [5.41, 5.74) is 0. The molecule has 0 aliphatic rings. The van der Waals surface area contributed by atoms with Gasteiger partial charge in [0.25, 0.3) is 0 Å². The van der Waals surface area contributed by atoms with Gasteiger partial charge in [-0.25, -0.2) is 0 Å². The maximum Gasteiger partial charge on any atom is 0.220 e. The van der Waals surface area contributed by atoms with Crippen molar-refractivity contribution < 1.29 is 9.59 Å². The predicted octanol–water partition coefficient (Wildman–Crippen LogP) is 2.39. The Hall–Kier alpha value is -0.510. The Morgan fingerprint density at radius 1 is 1.19 bits per heavy atom. The van der Waals surface area contributed by atoms with Crippen molar-refractivity contribution in [3.05, 3.63) is 0 Å². The Labute approximate surface area is 103 Å². The van der Waals surface area contributed by atoms with Crippen LogP contribution in [-0.2, 0) is 9.59 Å². The second-order valence-electron chi connectivity index (χ2n) is 4.07. The summed E-state index contributed by atoms with van der Waals surface area (Å²) in [6, 6.07) is 0. The summed E-state index contributed by atoms with van der Waals surface area (Å²) in [6.07, 6.45) is 4.81. The van der Waals surface area contributed by atoms with Gasteiger partial charge < -0.3 is 10.1 Å². The van der Waals surface area contributed by atoms with Crippen molar-refractivity contribution in [2.75, 3.05) is 12.8 Å². The highest BCUT2D eigenvalue weighted by molar-refractivity contribution is 8.00. The van der Waals surface area contributed by atoms with E-state index in [9.17, 15) is 9.59 Å². The lowest BCUT2D eigenvalue weighted by Crippen LogP contribution is -2.39. The van der Waals surface area contributed by atoms with E-state index in [0.29, 0.717) is 19.4 Å². The number of carbonyl (C=O) groups is 2. The molecule has 0 aromatic heterocycles. The Morgan fingerprint density at radius 2 is 1.75 bits per heavy atom. The van der Waals surface area contributed by atoms with E-state index in [4.69, 9.17) is 0 Å². The summed E-state index contributed by atoms with van der Waals surface area (Å²) in [7, 11) is 0. The van der Waals surface area contributed by atoms with Gasteiger partial charge in [-0.15, -0.1) is 0 Å². The van der Waals surface area contributed by atoms with Crippen molar-refractivity contribution in [2.24, 2.45) is 0 Å². The Balaban J connectivity index is 4.01. The minimum absolute atomic E-state index is 0.0180. The molecule has 0 bridgehead atoms. The standard InChI is InChI=1S/C12H23NO2S/c1-5-12(6-2,16-4)9-13-11(15)8-7-10(3)14/h5-9H2,1-4H3,(H,13,15). The van der Waals surface area contributed by atoms with Crippen LogP contribution in [0.4, 0.5) is 0 Å². The molecule has 0 unspecified atom stereocenters. The average molecular weight is 245 g/mol. The first kappa shape index (κ1) is 15.5. The molecule has 0 aliphatic heterocycles. The molecule has 16 heavy (non-hydrogen) atoms. The van der Waals surface area contributed by atoms with E-state index in [2.05, 4.69) is 25.4 Å². The van der Waals surface area contributed by atoms with Gasteiger partial charge in [0.05, 0.1) is 0 Å². The molecular formula is C12H23NO2S. The molecule has 0 rings (SSSR count). The van der Waals surface area contributed by atoms with Crippen LogP contribution in [0.2, 0.25) is 0 Å². The zero-order valence-electron chi connectivity index (χ0n) is 10.8. The van der Waals surface area contributed by atoms with Gasteiger partial charge in [0.2, 0.25) is 5.91 Å². The van der Waals surface area contributed by atoms with Crippen LogP contribution in [0.3, 0.4) is 0 Å². The largest absolute Gasteiger partial charge is 0.355 e. The monoisotopic (exact) mass is 245 g/mol. The zero-order valence-corrected chi connectivity index (χ0v) is 11.6. The van der Waals surface area contributed by atoms with E-state index >= 15 is 0 Å². The van der Waals surface area contributed by atoms with Crippen molar-refractivity contribution in [1.82, 2.24) is 5.32 Å². The van der Waals surface area contributed by atoms with E-state index in [-0.39, 0.29) is 16.4 Å². The first-order chi connectivity index (χ1) is 7.49. The topological polar surface area (TPSA) is 46.2 Å². The molecule has 0 heterocycles. The van der Waals surface area contributed by atoms with Crippen LogP contribution < -0.4 is 5.32 Å². The number of nitrogens with one attached hydrogen (secondary N) is 1. The number of carbonyl (C=O) groups excluding carboxylic acids is 2. The molecule has 3 nitrogen and oxygen atoms in total. The molecule has 1 N–H and O–H groups in total. The molecule has 0 saturated carbocycles. The SMILES string of the molecule is CCC(CC)(CNC(=O)CCC(C)=O)SC. The van der Waals surface area contributed by atoms with Gasteiger partial charge in [-0.05, 0) is 26.0 Å². The van der Waals surface area contributed by atoms with Gasteiger partial charge in [-0.3, -0.25) is 4.79 Å². The Bertz CT molecular complexity index is 229. The third-order valence-corrected chi connectivity index (χ3v) is 4.62. The third-order valence-electron chi connectivity index (χ3n) is 3.03. The van der Waals surface area contributed by atoms with Crippen LogP contribution in [-0.4, -0.2) is 29.2 Å². The van der Waals surface area contributed by atoms with Crippen LogP contribution in [0, 0.1) is 0 Å². The second kappa shape index (κ2) is 7.71. The maximum absolute atomic E-state index is 11.5. The molecule has 4 heteroatoms. The van der Waals surface area contributed by atoms with Gasteiger partial charge in [0.1, 0.15) is 5.78 Å². The van der Waals surface area contributed by atoms with E-state index in [1.54, 1.807) is 11.8 Å². The molecule has 0 spiro atoms. The molecule has 0 aliphatic carbocycles. The molecular weight excluding hydrogens is 222 g/mol. The van der Waals surface area contributed by atoms with Crippen molar-refractivity contribution >= 4 is 23.5 Å². The molecule has 0 aromatic carbocycles. The van der Waals surface area contributed by atoms with Crippen LogP contribution in [0.5, 0.6) is 0 Å². The number of thioether (sulfide) groups is 1. The summed E-state index contributed by atoms with van der Waals surface area (Å²) in [6.45, 7) is 6.49. The van der Waals surface area contributed by atoms with Crippen molar-refractivity contribution in [2.45, 2.75) is 51.2 Å². The normalized spacial score (nSPS) is 11.2. The Morgan fingerprint density at radius 3 is 2.12 bits per heavy atom. The van der Waals surface area contributed by atoms with Gasteiger partial charge in [0, 0.05) is 24.1 Å². The molecule has 94 valence electrons. The Kier molecular flexibility index (Phi) is 7.47. The molecule has 1 amide bonds. The highest BCUT2D eigenvalue weighted by Crippen LogP contribution is 2.29. The maximum atomic E-state index is 11.5. The minimum atomic E-state index is -0.0180. The fraction of sp³-hybridized carbons (Fsp3) is 0.833. The van der Waals surface area contributed by atoms with Crippen LogP contribution in [0.1, 0.15) is 46.5 Å². The molecule has 0 saturated heterocycles. The molecule has 0 fully saturated rings. The van der Waals surface area contributed by atoms with Crippen molar-refractivity contribution in [1.29, 1.82) is 0 Å². The van der Waals surface area contributed by atoms with E-state index in [0.717, 1.165) is 12.8 Å². The first-order valence-corrected chi connectivity index (χ1v) is 7.03. The third kappa shape index (κ3) is 5.54. The molecule has 0 radical (unpaired) electrons. The molecule has 0 aromatic rings. The van der Waals surface area contributed by atoms with Crippen LogP contribution >= 0.6 is 11.8 Å². The highest BCUT2D eigenvalue weighted by Gasteiger charge is 2.25. The average Bonchev–Trinajstić information content (AvgIpc) is 2.29. The highest BCUT2D eigenvalue weighted by atomic mass is 32.2.